The number of nitrogens with zero attached hydrogens (tertiary/aromatic N) is 1. The Morgan fingerprint density at radius 1 is 1.20 bits per heavy atom. The molecule has 25 heavy (non-hydrogen) atoms. The highest BCUT2D eigenvalue weighted by molar-refractivity contribution is 7.86. The van der Waals surface area contributed by atoms with Gasteiger partial charge in [-0.15, -0.1) is 3.89 Å². The first-order chi connectivity index (χ1) is 11.5. The summed E-state index contributed by atoms with van der Waals surface area (Å²) in [4.78, 5) is 13.7. The molecule has 0 unspecified atom stereocenters. The monoisotopic (exact) mass is 371 g/mol. The van der Waals surface area contributed by atoms with Crippen LogP contribution in [0.3, 0.4) is 0 Å². The maximum absolute atomic E-state index is 13.5. The Bertz CT molecular complexity index is 690. The molecule has 0 bridgehead atoms. The summed E-state index contributed by atoms with van der Waals surface area (Å²) in [5.74, 6) is -0.517. The van der Waals surface area contributed by atoms with Crippen molar-refractivity contribution in [3.05, 3.63) is 35.9 Å². The molecule has 0 atom stereocenters. The highest BCUT2D eigenvalue weighted by atomic mass is 32.3. The van der Waals surface area contributed by atoms with Crippen molar-refractivity contribution in [2.45, 2.75) is 45.6 Å². The van der Waals surface area contributed by atoms with Crippen molar-refractivity contribution in [2.24, 2.45) is 5.41 Å². The number of carbonyl (C=O) groups excluding carboxylic acids is 1. The van der Waals surface area contributed by atoms with E-state index < -0.39 is 33.1 Å². The molecule has 7 heteroatoms. The molecule has 1 saturated heterocycles. The molecule has 0 radical (unpaired) electrons. The minimum atomic E-state index is -4.60. The summed E-state index contributed by atoms with van der Waals surface area (Å²) >= 11 is 0. The third-order valence-electron chi connectivity index (χ3n) is 4.38. The summed E-state index contributed by atoms with van der Waals surface area (Å²) in [7, 11) is -4.60. The van der Waals surface area contributed by atoms with Gasteiger partial charge in [0.2, 0.25) is 0 Å². The Morgan fingerprint density at radius 3 is 2.24 bits per heavy atom. The molecular formula is C18H26FNO4S. The number of piperidine rings is 1. The molecular weight excluding hydrogens is 345 g/mol. The lowest BCUT2D eigenvalue weighted by Gasteiger charge is -2.41. The van der Waals surface area contributed by atoms with E-state index in [1.165, 1.54) is 0 Å². The van der Waals surface area contributed by atoms with E-state index in [9.17, 15) is 17.1 Å². The molecule has 0 aromatic heterocycles. The molecule has 0 aliphatic carbocycles. The number of amides is 1. The Labute approximate surface area is 149 Å². The first-order valence-corrected chi connectivity index (χ1v) is 9.98. The second kappa shape index (κ2) is 7.32. The molecule has 2 rings (SSSR count). The SMILES string of the molecule is CC(C)(C)OC(=O)N1CCC(Cc2ccccc2)(CS(=O)(=O)F)CC1. The smallest absolute Gasteiger partial charge is 0.410 e. The van der Waals surface area contributed by atoms with Gasteiger partial charge in [-0.1, -0.05) is 30.3 Å². The number of hydrogen-bond donors (Lipinski definition) is 0. The predicted molar refractivity (Wildman–Crippen MR) is 94.5 cm³/mol. The number of rotatable bonds is 4. The van der Waals surface area contributed by atoms with Crippen LogP contribution in [-0.2, 0) is 21.4 Å². The van der Waals surface area contributed by atoms with E-state index in [0.717, 1.165) is 5.56 Å². The van der Waals surface area contributed by atoms with Crippen molar-refractivity contribution >= 4 is 16.3 Å². The van der Waals surface area contributed by atoms with Crippen LogP contribution in [0.25, 0.3) is 0 Å². The van der Waals surface area contributed by atoms with Gasteiger partial charge in [0, 0.05) is 13.1 Å². The lowest BCUT2D eigenvalue weighted by atomic mass is 9.75. The fourth-order valence-electron chi connectivity index (χ4n) is 3.26. The van der Waals surface area contributed by atoms with Gasteiger partial charge in [0.25, 0.3) is 0 Å². The second-order valence-electron chi connectivity index (χ2n) is 7.81. The standard InChI is InChI=1S/C18H26FNO4S/c1-17(2,3)24-16(21)20-11-9-18(10-12-20,14-25(19,22)23)13-15-7-5-4-6-8-15/h4-8H,9-14H2,1-3H3. The van der Waals surface area contributed by atoms with Crippen molar-refractivity contribution in [1.29, 1.82) is 0 Å². The molecule has 1 aliphatic rings. The quantitative estimate of drug-likeness (QED) is 0.760. The third kappa shape index (κ3) is 6.30. The topological polar surface area (TPSA) is 63.7 Å². The van der Waals surface area contributed by atoms with Crippen LogP contribution in [0.1, 0.15) is 39.2 Å². The van der Waals surface area contributed by atoms with Crippen LogP contribution >= 0.6 is 0 Å². The van der Waals surface area contributed by atoms with E-state index in [0.29, 0.717) is 32.4 Å². The first-order valence-electron chi connectivity index (χ1n) is 8.42. The van der Waals surface area contributed by atoms with Gasteiger partial charge < -0.3 is 9.64 Å². The number of benzene rings is 1. The molecule has 1 aromatic carbocycles. The lowest BCUT2D eigenvalue weighted by Crippen LogP contribution is -2.47. The van der Waals surface area contributed by atoms with E-state index in [-0.39, 0.29) is 0 Å². The molecule has 5 nitrogen and oxygen atoms in total. The summed E-state index contributed by atoms with van der Waals surface area (Å²) in [6.07, 6.45) is 0.900. The highest BCUT2D eigenvalue weighted by Gasteiger charge is 2.40. The molecule has 1 amide bonds. The van der Waals surface area contributed by atoms with Gasteiger partial charge in [-0.2, -0.15) is 8.42 Å². The fourth-order valence-corrected chi connectivity index (χ4v) is 4.38. The van der Waals surface area contributed by atoms with Gasteiger partial charge in [-0.3, -0.25) is 0 Å². The second-order valence-corrected chi connectivity index (χ2v) is 9.18. The van der Waals surface area contributed by atoms with Crippen LogP contribution in [0.4, 0.5) is 8.68 Å². The number of hydrogen-bond acceptors (Lipinski definition) is 4. The van der Waals surface area contributed by atoms with E-state index in [1.54, 1.807) is 25.7 Å². The zero-order valence-corrected chi connectivity index (χ0v) is 15.8. The van der Waals surface area contributed by atoms with E-state index >= 15 is 0 Å². The zero-order valence-electron chi connectivity index (χ0n) is 15.0. The largest absolute Gasteiger partial charge is 0.444 e. The van der Waals surface area contributed by atoms with Gasteiger partial charge >= 0.3 is 16.3 Å². The summed E-state index contributed by atoms with van der Waals surface area (Å²) in [6, 6.07) is 9.46. The predicted octanol–water partition coefficient (Wildman–Crippen LogP) is 3.55. The number of carbonyl (C=O) groups is 1. The Balaban J connectivity index is 2.11. The molecule has 1 aliphatic heterocycles. The summed E-state index contributed by atoms with van der Waals surface area (Å²) in [5, 5.41) is 0. The van der Waals surface area contributed by atoms with Crippen LogP contribution in [0.2, 0.25) is 0 Å². The van der Waals surface area contributed by atoms with Crippen LogP contribution in [-0.4, -0.2) is 43.9 Å². The highest BCUT2D eigenvalue weighted by Crippen LogP contribution is 2.37. The van der Waals surface area contributed by atoms with Crippen molar-refractivity contribution in [3.63, 3.8) is 0 Å². The molecule has 0 spiro atoms. The van der Waals surface area contributed by atoms with Gasteiger partial charge in [-0.25, -0.2) is 4.79 Å². The maximum atomic E-state index is 13.5. The fraction of sp³-hybridized carbons (Fsp3) is 0.611. The van der Waals surface area contributed by atoms with Crippen LogP contribution < -0.4 is 0 Å². The molecule has 0 N–H and O–H groups in total. The Hall–Kier alpha value is -1.63. The van der Waals surface area contributed by atoms with Crippen molar-refractivity contribution < 1.29 is 21.8 Å². The van der Waals surface area contributed by atoms with Crippen LogP contribution in [0.15, 0.2) is 30.3 Å². The van der Waals surface area contributed by atoms with Crippen molar-refractivity contribution in [2.75, 3.05) is 18.8 Å². The van der Waals surface area contributed by atoms with Crippen LogP contribution in [0.5, 0.6) is 0 Å². The van der Waals surface area contributed by atoms with Gasteiger partial charge in [-0.05, 0) is 51.0 Å². The average Bonchev–Trinajstić information content (AvgIpc) is 2.45. The molecule has 0 saturated carbocycles. The Morgan fingerprint density at radius 2 is 1.76 bits per heavy atom. The molecule has 1 fully saturated rings. The number of halogens is 1. The molecule has 140 valence electrons. The normalized spacial score (nSPS) is 18.0. The minimum Gasteiger partial charge on any atom is -0.444 e. The van der Waals surface area contributed by atoms with E-state index in [2.05, 4.69) is 0 Å². The number of likely N-dealkylation sites (tertiary alicyclic amines) is 1. The third-order valence-corrected chi connectivity index (χ3v) is 5.33. The van der Waals surface area contributed by atoms with Crippen molar-refractivity contribution in [1.82, 2.24) is 4.90 Å². The summed E-state index contributed by atoms with van der Waals surface area (Å²) in [6.45, 7) is 6.10. The van der Waals surface area contributed by atoms with Crippen molar-refractivity contribution in [3.8, 4) is 0 Å². The molecule has 1 aromatic rings. The summed E-state index contributed by atoms with van der Waals surface area (Å²) < 4.78 is 41.5. The van der Waals surface area contributed by atoms with Gasteiger partial charge in [0.05, 0.1) is 5.75 Å². The Kier molecular flexibility index (Phi) is 5.76. The summed E-state index contributed by atoms with van der Waals surface area (Å²) in [5.41, 5.74) is -0.317. The zero-order chi connectivity index (χ0) is 18.7. The van der Waals surface area contributed by atoms with E-state index in [1.807, 2.05) is 30.3 Å². The average molecular weight is 371 g/mol. The van der Waals surface area contributed by atoms with Gasteiger partial charge in [0.15, 0.2) is 0 Å². The minimum absolute atomic E-state index is 0.358. The van der Waals surface area contributed by atoms with E-state index in [4.69, 9.17) is 4.74 Å². The van der Waals surface area contributed by atoms with Crippen LogP contribution in [0, 0.1) is 5.41 Å². The van der Waals surface area contributed by atoms with Gasteiger partial charge in [0.1, 0.15) is 5.60 Å². The number of ether oxygens (including phenoxy) is 1. The lowest BCUT2D eigenvalue weighted by molar-refractivity contribution is 0.0122. The maximum Gasteiger partial charge on any atom is 0.410 e. The molecule has 1 heterocycles. The first kappa shape index (κ1) is 19.7.